The monoisotopic (exact) mass is 552 g/mol. The van der Waals surface area contributed by atoms with Gasteiger partial charge < -0.3 is 20.1 Å². The van der Waals surface area contributed by atoms with E-state index in [0.717, 1.165) is 45.5 Å². The minimum Gasteiger partial charge on any atom is -0.454 e. The highest BCUT2D eigenvalue weighted by Gasteiger charge is 2.17. The SMILES string of the molecule is CCNC(=NCc1cc(Br)c2c(c1)OCO2)NCc1ncc(CC)s1.I. The number of halogens is 2. The average Bonchev–Trinajstić information content (AvgIpc) is 3.26. The molecule has 9 heteroatoms. The summed E-state index contributed by atoms with van der Waals surface area (Å²) in [6.45, 7) is 6.46. The van der Waals surface area contributed by atoms with Crippen LogP contribution >= 0.6 is 51.2 Å². The molecular weight excluding hydrogens is 531 g/mol. The number of aromatic nitrogens is 1. The molecular formula is C17H22BrIN4O2S. The van der Waals surface area contributed by atoms with E-state index in [0.29, 0.717) is 13.1 Å². The summed E-state index contributed by atoms with van der Waals surface area (Å²) in [7, 11) is 0. The summed E-state index contributed by atoms with van der Waals surface area (Å²) < 4.78 is 11.8. The van der Waals surface area contributed by atoms with Crippen molar-refractivity contribution in [2.75, 3.05) is 13.3 Å². The number of guanidine groups is 1. The molecule has 0 spiro atoms. The first-order valence-corrected chi connectivity index (χ1v) is 9.84. The topological polar surface area (TPSA) is 67.8 Å². The van der Waals surface area contributed by atoms with Crippen LogP contribution in [0.25, 0.3) is 0 Å². The van der Waals surface area contributed by atoms with Crippen LogP contribution in [0.4, 0.5) is 0 Å². The summed E-state index contributed by atoms with van der Waals surface area (Å²) in [5, 5.41) is 7.65. The van der Waals surface area contributed by atoms with Gasteiger partial charge in [-0.15, -0.1) is 35.3 Å². The Morgan fingerprint density at radius 2 is 2.15 bits per heavy atom. The second-order valence-corrected chi connectivity index (χ2v) is 7.49. The number of nitrogens with one attached hydrogen (secondary N) is 2. The zero-order valence-electron chi connectivity index (χ0n) is 14.7. The molecule has 2 aromatic rings. The van der Waals surface area contributed by atoms with Crippen LogP contribution in [0.3, 0.4) is 0 Å². The van der Waals surface area contributed by atoms with E-state index >= 15 is 0 Å². The smallest absolute Gasteiger partial charge is 0.231 e. The number of hydrogen-bond donors (Lipinski definition) is 2. The quantitative estimate of drug-likeness (QED) is 0.321. The molecule has 1 aromatic carbocycles. The number of hydrogen-bond acceptors (Lipinski definition) is 5. The highest BCUT2D eigenvalue weighted by Crippen LogP contribution is 2.40. The number of aliphatic imine (C=N–C) groups is 1. The van der Waals surface area contributed by atoms with Gasteiger partial charge in [0.05, 0.1) is 17.6 Å². The van der Waals surface area contributed by atoms with Gasteiger partial charge in [0.2, 0.25) is 6.79 Å². The largest absolute Gasteiger partial charge is 0.454 e. The van der Waals surface area contributed by atoms with Gasteiger partial charge in [-0.2, -0.15) is 0 Å². The first-order chi connectivity index (χ1) is 12.2. The van der Waals surface area contributed by atoms with Crippen molar-refractivity contribution in [3.05, 3.63) is 38.3 Å². The van der Waals surface area contributed by atoms with Crippen LogP contribution in [-0.4, -0.2) is 24.3 Å². The van der Waals surface area contributed by atoms with Gasteiger partial charge >= 0.3 is 0 Å². The zero-order chi connectivity index (χ0) is 17.6. The average molecular weight is 553 g/mol. The fraction of sp³-hybridized carbons (Fsp3) is 0.412. The van der Waals surface area contributed by atoms with Crippen molar-refractivity contribution in [3.63, 3.8) is 0 Å². The lowest BCUT2D eigenvalue weighted by molar-refractivity contribution is 0.173. The fourth-order valence-electron chi connectivity index (χ4n) is 2.38. The third-order valence-electron chi connectivity index (χ3n) is 3.61. The molecule has 0 saturated heterocycles. The molecule has 26 heavy (non-hydrogen) atoms. The molecule has 1 aromatic heterocycles. The maximum absolute atomic E-state index is 5.45. The van der Waals surface area contributed by atoms with Crippen LogP contribution in [0.5, 0.6) is 11.5 Å². The summed E-state index contributed by atoms with van der Waals surface area (Å²) in [5.74, 6) is 2.28. The number of benzene rings is 1. The Balaban J connectivity index is 0.00000243. The second kappa shape index (κ2) is 10.3. The minimum atomic E-state index is 0. The van der Waals surface area contributed by atoms with E-state index in [9.17, 15) is 0 Å². The summed E-state index contributed by atoms with van der Waals surface area (Å²) in [6.07, 6.45) is 2.96. The van der Waals surface area contributed by atoms with Crippen molar-refractivity contribution in [2.45, 2.75) is 33.4 Å². The molecule has 0 saturated carbocycles. The Bertz CT molecular complexity index is 769. The predicted octanol–water partition coefficient (Wildman–Crippen LogP) is 4.07. The molecule has 2 N–H and O–H groups in total. The third-order valence-corrected chi connectivity index (χ3v) is 5.34. The zero-order valence-corrected chi connectivity index (χ0v) is 19.4. The van der Waals surface area contributed by atoms with Gasteiger partial charge in [-0.1, -0.05) is 6.92 Å². The van der Waals surface area contributed by atoms with Gasteiger partial charge in [-0.25, -0.2) is 9.98 Å². The number of rotatable bonds is 6. The van der Waals surface area contributed by atoms with Gasteiger partial charge in [0.15, 0.2) is 17.5 Å². The number of aryl methyl sites for hydroxylation is 1. The molecule has 3 rings (SSSR count). The van der Waals surface area contributed by atoms with Gasteiger partial charge in [-0.05, 0) is 47.0 Å². The van der Waals surface area contributed by atoms with Crippen LogP contribution in [0.15, 0.2) is 27.8 Å². The molecule has 0 fully saturated rings. The van der Waals surface area contributed by atoms with Crippen LogP contribution in [-0.2, 0) is 19.5 Å². The highest BCUT2D eigenvalue weighted by molar-refractivity contribution is 14.0. The van der Waals surface area contributed by atoms with Gasteiger partial charge in [0, 0.05) is 17.6 Å². The van der Waals surface area contributed by atoms with E-state index in [4.69, 9.17) is 9.47 Å². The van der Waals surface area contributed by atoms with Crippen molar-refractivity contribution in [2.24, 2.45) is 4.99 Å². The van der Waals surface area contributed by atoms with Crippen molar-refractivity contribution < 1.29 is 9.47 Å². The molecule has 0 atom stereocenters. The molecule has 0 aliphatic carbocycles. The molecule has 0 amide bonds. The molecule has 0 unspecified atom stereocenters. The highest BCUT2D eigenvalue weighted by atomic mass is 127. The van der Waals surface area contributed by atoms with Gasteiger partial charge in [0.1, 0.15) is 5.01 Å². The van der Waals surface area contributed by atoms with Gasteiger partial charge in [0.25, 0.3) is 0 Å². The Morgan fingerprint density at radius 3 is 2.88 bits per heavy atom. The van der Waals surface area contributed by atoms with Crippen molar-refractivity contribution >= 4 is 57.2 Å². The summed E-state index contributed by atoms with van der Waals surface area (Å²) in [6, 6.07) is 3.98. The van der Waals surface area contributed by atoms with Crippen LogP contribution in [0.2, 0.25) is 0 Å². The Hall–Kier alpha value is -1.07. The number of ether oxygens (including phenoxy) is 2. The summed E-state index contributed by atoms with van der Waals surface area (Å²) >= 11 is 5.24. The lowest BCUT2D eigenvalue weighted by Crippen LogP contribution is -2.36. The fourth-order valence-corrected chi connectivity index (χ4v) is 3.78. The second-order valence-electron chi connectivity index (χ2n) is 5.43. The standard InChI is InChI=1S/C17H21BrN4O2S.HI/c1-3-12-8-20-15(25-12)9-22-17(19-4-2)21-7-11-5-13(18)16-14(6-11)23-10-24-16;/h5-6,8H,3-4,7,9-10H2,1-2H3,(H2,19,21,22);1H. The van der Waals surface area contributed by atoms with Gasteiger partial charge in [-0.3, -0.25) is 0 Å². The van der Waals surface area contributed by atoms with E-state index in [2.05, 4.69) is 43.5 Å². The van der Waals surface area contributed by atoms with E-state index < -0.39 is 0 Å². The minimum absolute atomic E-state index is 0. The lowest BCUT2D eigenvalue weighted by atomic mass is 10.2. The molecule has 2 heterocycles. The molecule has 1 aliphatic rings. The third kappa shape index (κ3) is 5.46. The molecule has 0 bridgehead atoms. The van der Waals surface area contributed by atoms with Crippen LogP contribution < -0.4 is 20.1 Å². The Morgan fingerprint density at radius 1 is 1.31 bits per heavy atom. The van der Waals surface area contributed by atoms with E-state index in [1.165, 1.54) is 4.88 Å². The van der Waals surface area contributed by atoms with Crippen LogP contribution in [0, 0.1) is 0 Å². The van der Waals surface area contributed by atoms with Crippen molar-refractivity contribution in [1.29, 1.82) is 0 Å². The number of nitrogens with zero attached hydrogens (tertiary/aromatic N) is 2. The molecule has 1 aliphatic heterocycles. The normalized spacial score (nSPS) is 12.7. The Labute approximate surface area is 182 Å². The van der Waals surface area contributed by atoms with E-state index in [1.807, 2.05) is 25.3 Å². The molecule has 142 valence electrons. The first kappa shape index (κ1) is 21.2. The summed E-state index contributed by atoms with van der Waals surface area (Å²) in [4.78, 5) is 10.4. The molecule has 0 radical (unpaired) electrons. The summed E-state index contributed by atoms with van der Waals surface area (Å²) in [5.41, 5.74) is 1.05. The van der Waals surface area contributed by atoms with Crippen molar-refractivity contribution in [3.8, 4) is 11.5 Å². The Kier molecular flexibility index (Phi) is 8.42. The van der Waals surface area contributed by atoms with Crippen LogP contribution in [0.1, 0.15) is 29.3 Å². The number of thiazole rings is 1. The maximum atomic E-state index is 5.45. The van der Waals surface area contributed by atoms with E-state index in [-0.39, 0.29) is 30.8 Å². The first-order valence-electron chi connectivity index (χ1n) is 8.23. The number of fused-ring (bicyclic) bond motifs is 1. The van der Waals surface area contributed by atoms with E-state index in [1.54, 1.807) is 11.3 Å². The lowest BCUT2D eigenvalue weighted by Gasteiger charge is -2.10. The molecule has 6 nitrogen and oxygen atoms in total. The predicted molar refractivity (Wildman–Crippen MR) is 119 cm³/mol. The maximum Gasteiger partial charge on any atom is 0.231 e. The van der Waals surface area contributed by atoms with Crippen molar-refractivity contribution in [1.82, 2.24) is 15.6 Å².